The van der Waals surface area contributed by atoms with Crippen molar-refractivity contribution in [2.45, 2.75) is 26.9 Å². The Kier molecular flexibility index (Phi) is 4.24. The first-order valence-electron chi connectivity index (χ1n) is 6.16. The summed E-state index contributed by atoms with van der Waals surface area (Å²) in [6.07, 6.45) is 2.11. The Balaban J connectivity index is 2.21. The SMILES string of the molecule is CCNCc1cccn1Cc1c(Br)c(C)nn1C. The third-order valence-corrected chi connectivity index (χ3v) is 4.09. The minimum atomic E-state index is 0.839. The van der Waals surface area contributed by atoms with E-state index in [1.165, 1.54) is 11.4 Å². The summed E-state index contributed by atoms with van der Waals surface area (Å²) in [5, 5.41) is 7.78. The first-order valence-corrected chi connectivity index (χ1v) is 6.95. The summed E-state index contributed by atoms with van der Waals surface area (Å²) in [6.45, 7) is 6.86. The molecule has 0 aliphatic carbocycles. The highest BCUT2D eigenvalue weighted by atomic mass is 79.9. The largest absolute Gasteiger partial charge is 0.344 e. The summed E-state index contributed by atoms with van der Waals surface area (Å²) < 4.78 is 5.30. The fourth-order valence-electron chi connectivity index (χ4n) is 2.03. The van der Waals surface area contributed by atoms with E-state index in [0.717, 1.165) is 29.8 Å². The van der Waals surface area contributed by atoms with Gasteiger partial charge in [-0.3, -0.25) is 4.68 Å². The molecule has 18 heavy (non-hydrogen) atoms. The van der Waals surface area contributed by atoms with Crippen LogP contribution in [0.1, 0.15) is 24.0 Å². The normalized spacial score (nSPS) is 11.1. The highest BCUT2D eigenvalue weighted by molar-refractivity contribution is 9.10. The highest BCUT2D eigenvalue weighted by Gasteiger charge is 2.12. The molecule has 98 valence electrons. The molecule has 0 spiro atoms. The van der Waals surface area contributed by atoms with Crippen LogP contribution in [0.4, 0.5) is 0 Å². The van der Waals surface area contributed by atoms with Crippen molar-refractivity contribution in [2.24, 2.45) is 7.05 Å². The highest BCUT2D eigenvalue weighted by Crippen LogP contribution is 2.21. The number of nitrogens with one attached hydrogen (secondary N) is 1. The summed E-state index contributed by atoms with van der Waals surface area (Å²) >= 11 is 3.61. The quantitative estimate of drug-likeness (QED) is 0.920. The van der Waals surface area contributed by atoms with Gasteiger partial charge in [0.2, 0.25) is 0 Å². The number of rotatable bonds is 5. The van der Waals surface area contributed by atoms with E-state index < -0.39 is 0 Å². The lowest BCUT2D eigenvalue weighted by atomic mass is 10.3. The molecule has 0 saturated carbocycles. The summed E-state index contributed by atoms with van der Waals surface area (Å²) in [5.41, 5.74) is 3.52. The lowest BCUT2D eigenvalue weighted by molar-refractivity contribution is 0.621. The van der Waals surface area contributed by atoms with Crippen LogP contribution in [0, 0.1) is 6.92 Å². The molecule has 1 N–H and O–H groups in total. The van der Waals surface area contributed by atoms with Crippen LogP contribution in [0.5, 0.6) is 0 Å². The van der Waals surface area contributed by atoms with E-state index in [0.29, 0.717) is 0 Å². The van der Waals surface area contributed by atoms with Gasteiger partial charge < -0.3 is 9.88 Å². The van der Waals surface area contributed by atoms with Crippen molar-refractivity contribution < 1.29 is 0 Å². The molecule has 0 amide bonds. The number of aromatic nitrogens is 3. The third kappa shape index (κ3) is 2.67. The molecule has 5 heteroatoms. The standard InChI is InChI=1S/C13H19BrN4/c1-4-15-8-11-6-5-7-18(11)9-12-13(14)10(2)16-17(12)3/h5-7,15H,4,8-9H2,1-3H3. The molecule has 0 aliphatic rings. The van der Waals surface area contributed by atoms with Crippen molar-refractivity contribution in [3.05, 3.63) is 39.9 Å². The van der Waals surface area contributed by atoms with Crippen LogP contribution in [0.3, 0.4) is 0 Å². The monoisotopic (exact) mass is 310 g/mol. The fraction of sp³-hybridized carbons (Fsp3) is 0.462. The van der Waals surface area contributed by atoms with E-state index in [9.17, 15) is 0 Å². The Hall–Kier alpha value is -1.07. The van der Waals surface area contributed by atoms with Crippen LogP contribution in [-0.4, -0.2) is 20.9 Å². The van der Waals surface area contributed by atoms with Crippen LogP contribution in [0.15, 0.2) is 22.8 Å². The van der Waals surface area contributed by atoms with Gasteiger partial charge in [-0.1, -0.05) is 6.92 Å². The van der Waals surface area contributed by atoms with E-state index in [1.54, 1.807) is 0 Å². The zero-order chi connectivity index (χ0) is 13.1. The summed E-state index contributed by atoms with van der Waals surface area (Å²) in [7, 11) is 1.99. The maximum Gasteiger partial charge on any atom is 0.0739 e. The van der Waals surface area contributed by atoms with Gasteiger partial charge in [-0.2, -0.15) is 5.10 Å². The second-order valence-corrected chi connectivity index (χ2v) is 5.17. The van der Waals surface area contributed by atoms with Crippen molar-refractivity contribution >= 4 is 15.9 Å². The topological polar surface area (TPSA) is 34.8 Å². The van der Waals surface area contributed by atoms with Crippen molar-refractivity contribution in [2.75, 3.05) is 6.54 Å². The molecule has 2 aromatic heterocycles. The predicted octanol–water partition coefficient (Wildman–Crippen LogP) is 2.45. The average molecular weight is 311 g/mol. The van der Waals surface area contributed by atoms with E-state index in [-0.39, 0.29) is 0 Å². The fourth-order valence-corrected chi connectivity index (χ4v) is 2.49. The maximum atomic E-state index is 4.42. The van der Waals surface area contributed by atoms with Crippen LogP contribution in [-0.2, 0) is 20.1 Å². The van der Waals surface area contributed by atoms with Crippen molar-refractivity contribution in [1.29, 1.82) is 0 Å². The van der Waals surface area contributed by atoms with E-state index >= 15 is 0 Å². The molecule has 2 aromatic rings. The number of hydrogen-bond acceptors (Lipinski definition) is 2. The Labute approximate surface area is 116 Å². The van der Waals surface area contributed by atoms with Crippen LogP contribution >= 0.6 is 15.9 Å². The van der Waals surface area contributed by atoms with Crippen molar-refractivity contribution in [1.82, 2.24) is 19.7 Å². The second-order valence-electron chi connectivity index (χ2n) is 4.38. The second kappa shape index (κ2) is 5.71. The number of aryl methyl sites for hydroxylation is 2. The first-order chi connectivity index (χ1) is 8.63. The molecule has 2 heterocycles. The lowest BCUT2D eigenvalue weighted by Gasteiger charge is -2.10. The molecular weight excluding hydrogens is 292 g/mol. The molecule has 0 bridgehead atoms. The Bertz CT molecular complexity index is 527. The van der Waals surface area contributed by atoms with Crippen LogP contribution < -0.4 is 5.32 Å². The smallest absolute Gasteiger partial charge is 0.0739 e. The minimum Gasteiger partial charge on any atom is -0.344 e. The van der Waals surface area contributed by atoms with Gasteiger partial charge >= 0.3 is 0 Å². The Morgan fingerprint density at radius 2 is 2.22 bits per heavy atom. The van der Waals surface area contributed by atoms with Gasteiger partial charge in [0.25, 0.3) is 0 Å². The van der Waals surface area contributed by atoms with Gasteiger partial charge in [0, 0.05) is 25.5 Å². The number of halogens is 1. The lowest BCUT2D eigenvalue weighted by Crippen LogP contribution is -2.16. The summed E-state index contributed by atoms with van der Waals surface area (Å²) in [6, 6.07) is 4.24. The first kappa shape index (κ1) is 13.4. The number of nitrogens with zero attached hydrogens (tertiary/aromatic N) is 3. The van der Waals surface area contributed by atoms with Gasteiger partial charge in [0.15, 0.2) is 0 Å². The summed E-state index contributed by atoms with van der Waals surface area (Å²) in [4.78, 5) is 0. The maximum absolute atomic E-state index is 4.42. The Morgan fingerprint density at radius 1 is 1.44 bits per heavy atom. The molecule has 0 aromatic carbocycles. The van der Waals surface area contributed by atoms with E-state index in [4.69, 9.17) is 0 Å². The number of hydrogen-bond donors (Lipinski definition) is 1. The van der Waals surface area contributed by atoms with E-state index in [2.05, 4.69) is 56.2 Å². The molecule has 0 aliphatic heterocycles. The Morgan fingerprint density at radius 3 is 2.83 bits per heavy atom. The average Bonchev–Trinajstić information content (AvgIpc) is 2.87. The van der Waals surface area contributed by atoms with Gasteiger partial charge in [-0.25, -0.2) is 0 Å². The van der Waals surface area contributed by atoms with Crippen molar-refractivity contribution in [3.63, 3.8) is 0 Å². The zero-order valence-corrected chi connectivity index (χ0v) is 12.7. The molecule has 0 fully saturated rings. The molecule has 0 unspecified atom stereocenters. The van der Waals surface area contributed by atoms with Gasteiger partial charge in [-0.05, 0) is 41.5 Å². The summed E-state index contributed by atoms with van der Waals surface area (Å²) in [5.74, 6) is 0. The van der Waals surface area contributed by atoms with Crippen LogP contribution in [0.2, 0.25) is 0 Å². The van der Waals surface area contributed by atoms with Crippen LogP contribution in [0.25, 0.3) is 0 Å². The molecule has 4 nitrogen and oxygen atoms in total. The molecule has 0 saturated heterocycles. The minimum absolute atomic E-state index is 0.839. The third-order valence-electron chi connectivity index (χ3n) is 3.06. The van der Waals surface area contributed by atoms with Gasteiger partial charge in [0.05, 0.1) is 22.4 Å². The predicted molar refractivity (Wildman–Crippen MR) is 76.6 cm³/mol. The molecular formula is C13H19BrN4. The molecule has 0 radical (unpaired) electrons. The zero-order valence-electron chi connectivity index (χ0n) is 11.1. The van der Waals surface area contributed by atoms with Gasteiger partial charge in [-0.15, -0.1) is 0 Å². The van der Waals surface area contributed by atoms with E-state index in [1.807, 2.05) is 18.7 Å². The van der Waals surface area contributed by atoms with Crippen molar-refractivity contribution in [3.8, 4) is 0 Å². The molecule has 2 rings (SSSR count). The van der Waals surface area contributed by atoms with Gasteiger partial charge in [0.1, 0.15) is 0 Å². The molecule has 0 atom stereocenters.